The standard InChI is InChI=1S/C23H17ClF3N3OS2/c1-2-18(20(31)30-16-5-3-4-14(10-16)23(25,26)27)33-22-19-17(11-32-21(19)28-12-29-22)13-6-8-15(24)9-7-13/h3-12,18H,2H2,1H3,(H,30,31). The van der Waals surface area contributed by atoms with Crippen LogP contribution in [0.25, 0.3) is 21.3 Å². The van der Waals surface area contributed by atoms with E-state index in [1.54, 1.807) is 12.1 Å². The molecule has 0 fully saturated rings. The van der Waals surface area contributed by atoms with Crippen molar-refractivity contribution in [3.8, 4) is 11.1 Å². The molecule has 0 saturated carbocycles. The van der Waals surface area contributed by atoms with E-state index < -0.39 is 22.9 Å². The minimum Gasteiger partial charge on any atom is -0.325 e. The number of aromatic nitrogens is 2. The Morgan fingerprint density at radius 2 is 1.94 bits per heavy atom. The molecule has 0 radical (unpaired) electrons. The van der Waals surface area contributed by atoms with Gasteiger partial charge >= 0.3 is 6.18 Å². The van der Waals surface area contributed by atoms with Crippen molar-refractivity contribution in [3.63, 3.8) is 0 Å². The van der Waals surface area contributed by atoms with Crippen LogP contribution in [0.4, 0.5) is 18.9 Å². The Kier molecular flexibility index (Phi) is 6.92. The van der Waals surface area contributed by atoms with Gasteiger partial charge in [-0.3, -0.25) is 4.79 Å². The first-order chi connectivity index (χ1) is 15.8. The number of fused-ring (bicyclic) bond motifs is 1. The Morgan fingerprint density at radius 3 is 2.64 bits per heavy atom. The molecule has 4 nitrogen and oxygen atoms in total. The topological polar surface area (TPSA) is 54.9 Å². The van der Waals surface area contributed by atoms with E-state index in [1.807, 2.05) is 24.4 Å². The van der Waals surface area contributed by atoms with E-state index in [9.17, 15) is 18.0 Å². The Morgan fingerprint density at radius 1 is 1.18 bits per heavy atom. The molecule has 1 unspecified atom stereocenters. The first kappa shape index (κ1) is 23.5. The van der Waals surface area contributed by atoms with E-state index in [-0.39, 0.29) is 5.69 Å². The molecule has 2 aromatic carbocycles. The van der Waals surface area contributed by atoms with Crippen molar-refractivity contribution in [2.24, 2.45) is 0 Å². The Labute approximate surface area is 201 Å². The maximum Gasteiger partial charge on any atom is 0.416 e. The van der Waals surface area contributed by atoms with Crippen LogP contribution in [0.3, 0.4) is 0 Å². The first-order valence-corrected chi connectivity index (χ1v) is 12.0. The van der Waals surface area contributed by atoms with Crippen LogP contribution in [0.2, 0.25) is 5.02 Å². The molecule has 2 heterocycles. The average molecular weight is 508 g/mol. The zero-order valence-corrected chi connectivity index (χ0v) is 19.6. The highest BCUT2D eigenvalue weighted by atomic mass is 35.5. The van der Waals surface area contributed by atoms with Gasteiger partial charge in [0.2, 0.25) is 5.91 Å². The highest BCUT2D eigenvalue weighted by Gasteiger charge is 2.31. The fraction of sp³-hybridized carbons (Fsp3) is 0.174. The summed E-state index contributed by atoms with van der Waals surface area (Å²) in [6.45, 7) is 1.84. The van der Waals surface area contributed by atoms with Gasteiger partial charge < -0.3 is 5.32 Å². The van der Waals surface area contributed by atoms with Crippen molar-refractivity contribution in [2.75, 3.05) is 5.32 Å². The third kappa shape index (κ3) is 5.31. The van der Waals surface area contributed by atoms with Gasteiger partial charge in [-0.15, -0.1) is 11.3 Å². The van der Waals surface area contributed by atoms with Gasteiger partial charge in [0.1, 0.15) is 16.2 Å². The van der Waals surface area contributed by atoms with E-state index in [0.717, 1.165) is 33.5 Å². The lowest BCUT2D eigenvalue weighted by atomic mass is 10.1. The minimum atomic E-state index is -4.48. The van der Waals surface area contributed by atoms with Crippen LogP contribution >= 0.6 is 34.7 Å². The van der Waals surface area contributed by atoms with Crippen LogP contribution in [0.15, 0.2) is 65.3 Å². The fourth-order valence-corrected chi connectivity index (χ4v) is 5.37. The van der Waals surface area contributed by atoms with Gasteiger partial charge in [0, 0.05) is 21.7 Å². The molecular weight excluding hydrogens is 491 g/mol. The van der Waals surface area contributed by atoms with Gasteiger partial charge in [0.25, 0.3) is 0 Å². The van der Waals surface area contributed by atoms with Crippen molar-refractivity contribution in [3.05, 3.63) is 70.8 Å². The van der Waals surface area contributed by atoms with Gasteiger partial charge in [-0.2, -0.15) is 13.2 Å². The van der Waals surface area contributed by atoms with E-state index in [2.05, 4.69) is 15.3 Å². The number of amides is 1. The third-order valence-electron chi connectivity index (χ3n) is 4.87. The molecule has 33 heavy (non-hydrogen) atoms. The summed E-state index contributed by atoms with van der Waals surface area (Å²) in [5.74, 6) is -0.392. The van der Waals surface area contributed by atoms with Gasteiger partial charge in [0.05, 0.1) is 16.2 Å². The number of nitrogens with zero attached hydrogens (tertiary/aromatic N) is 2. The maximum atomic E-state index is 13.0. The number of carbonyl (C=O) groups is 1. The molecule has 4 rings (SSSR count). The molecule has 0 bridgehead atoms. The summed E-state index contributed by atoms with van der Waals surface area (Å²) < 4.78 is 39.0. The number of rotatable bonds is 6. The number of hydrogen-bond acceptors (Lipinski definition) is 5. The highest BCUT2D eigenvalue weighted by Crippen LogP contribution is 2.40. The van der Waals surface area contributed by atoms with E-state index in [1.165, 1.54) is 41.6 Å². The number of halogens is 4. The molecule has 2 aromatic heterocycles. The zero-order chi connectivity index (χ0) is 23.6. The predicted octanol–water partition coefficient (Wildman–Crippen LogP) is 7.54. The summed E-state index contributed by atoms with van der Waals surface area (Å²) in [4.78, 5) is 22.4. The SMILES string of the molecule is CCC(Sc1ncnc2scc(-c3ccc(Cl)cc3)c12)C(=O)Nc1cccc(C(F)(F)F)c1. The smallest absolute Gasteiger partial charge is 0.325 e. The molecule has 0 aliphatic carbocycles. The summed E-state index contributed by atoms with van der Waals surface area (Å²) in [6.07, 6.45) is -2.57. The summed E-state index contributed by atoms with van der Waals surface area (Å²) in [7, 11) is 0. The molecule has 1 amide bonds. The van der Waals surface area contributed by atoms with Crippen molar-refractivity contribution in [1.29, 1.82) is 0 Å². The van der Waals surface area contributed by atoms with Crippen molar-refractivity contribution >= 4 is 56.5 Å². The molecule has 1 atom stereocenters. The molecule has 170 valence electrons. The lowest BCUT2D eigenvalue weighted by Gasteiger charge is -2.16. The van der Waals surface area contributed by atoms with Crippen molar-refractivity contribution in [1.82, 2.24) is 9.97 Å². The predicted molar refractivity (Wildman–Crippen MR) is 128 cm³/mol. The molecule has 10 heteroatoms. The first-order valence-electron chi connectivity index (χ1n) is 9.89. The van der Waals surface area contributed by atoms with Crippen LogP contribution in [0, 0.1) is 0 Å². The van der Waals surface area contributed by atoms with E-state index in [4.69, 9.17) is 11.6 Å². The van der Waals surface area contributed by atoms with Crippen molar-refractivity contribution in [2.45, 2.75) is 29.8 Å². The molecule has 0 aliphatic heterocycles. The van der Waals surface area contributed by atoms with Gasteiger partial charge in [0.15, 0.2) is 0 Å². The Balaban J connectivity index is 1.61. The second-order valence-electron chi connectivity index (χ2n) is 7.10. The molecule has 0 aliphatic rings. The minimum absolute atomic E-state index is 0.0964. The average Bonchev–Trinajstić information content (AvgIpc) is 3.22. The third-order valence-corrected chi connectivity index (χ3v) is 7.37. The van der Waals surface area contributed by atoms with Crippen LogP contribution in [0.5, 0.6) is 0 Å². The fourth-order valence-electron chi connectivity index (χ4n) is 3.23. The molecular formula is C23H17ClF3N3OS2. The lowest BCUT2D eigenvalue weighted by Crippen LogP contribution is -2.25. The van der Waals surface area contributed by atoms with E-state index in [0.29, 0.717) is 16.5 Å². The second-order valence-corrected chi connectivity index (χ2v) is 9.58. The zero-order valence-electron chi connectivity index (χ0n) is 17.2. The summed E-state index contributed by atoms with van der Waals surface area (Å²) in [6, 6.07) is 12.0. The second kappa shape index (κ2) is 9.70. The normalized spacial score (nSPS) is 12.6. The monoisotopic (exact) mass is 507 g/mol. The number of thiophene rings is 1. The maximum absolute atomic E-state index is 13.0. The van der Waals surface area contributed by atoms with Gasteiger partial charge in [-0.25, -0.2) is 9.97 Å². The lowest BCUT2D eigenvalue weighted by molar-refractivity contribution is -0.137. The van der Waals surface area contributed by atoms with Crippen molar-refractivity contribution < 1.29 is 18.0 Å². The Hall–Kier alpha value is -2.62. The number of thioether (sulfide) groups is 1. The molecule has 1 N–H and O–H groups in total. The summed E-state index contributed by atoms with van der Waals surface area (Å²) >= 11 is 8.75. The van der Waals surface area contributed by atoms with Crippen LogP contribution < -0.4 is 5.32 Å². The van der Waals surface area contributed by atoms with Gasteiger partial charge in [-0.1, -0.05) is 48.5 Å². The molecule has 4 aromatic rings. The summed E-state index contributed by atoms with van der Waals surface area (Å²) in [5, 5.41) is 6.12. The quantitative estimate of drug-likeness (QED) is 0.216. The molecule has 0 spiro atoms. The van der Waals surface area contributed by atoms with Crippen LogP contribution in [-0.4, -0.2) is 21.1 Å². The van der Waals surface area contributed by atoms with Crippen LogP contribution in [0.1, 0.15) is 18.9 Å². The number of benzene rings is 2. The number of hydrogen-bond donors (Lipinski definition) is 1. The number of anilines is 1. The van der Waals surface area contributed by atoms with Crippen LogP contribution in [-0.2, 0) is 11.0 Å². The summed E-state index contributed by atoms with van der Waals surface area (Å²) in [5.41, 5.74) is 1.16. The highest BCUT2D eigenvalue weighted by molar-refractivity contribution is 8.00. The largest absolute Gasteiger partial charge is 0.416 e. The van der Waals surface area contributed by atoms with Gasteiger partial charge in [-0.05, 0) is 42.3 Å². The Bertz CT molecular complexity index is 1290. The number of carbonyl (C=O) groups excluding carboxylic acids is 1. The molecule has 0 saturated heterocycles. The number of alkyl halides is 3. The van der Waals surface area contributed by atoms with E-state index >= 15 is 0 Å². The number of nitrogens with one attached hydrogen (secondary N) is 1.